The first-order valence-corrected chi connectivity index (χ1v) is 7.72. The van der Waals surface area contributed by atoms with Crippen LogP contribution in [0, 0.1) is 5.92 Å². The molecule has 0 aromatic heterocycles. The summed E-state index contributed by atoms with van der Waals surface area (Å²) in [4.78, 5) is 0. The van der Waals surface area contributed by atoms with Crippen LogP contribution in [0.25, 0.3) is 0 Å². The second-order valence-corrected chi connectivity index (χ2v) is 5.66. The Morgan fingerprint density at radius 2 is 1.95 bits per heavy atom. The minimum Gasteiger partial charge on any atom is -0.497 e. The number of hydrogen-bond donors (Lipinski definition) is 1. The lowest BCUT2D eigenvalue weighted by molar-refractivity contribution is 0.413. The van der Waals surface area contributed by atoms with Crippen molar-refractivity contribution in [2.45, 2.75) is 44.9 Å². The zero-order valence-corrected chi connectivity index (χ0v) is 12.2. The van der Waals surface area contributed by atoms with Gasteiger partial charge in [0.25, 0.3) is 0 Å². The zero-order valence-electron chi connectivity index (χ0n) is 12.2. The van der Waals surface area contributed by atoms with Crippen LogP contribution in [0.1, 0.15) is 44.1 Å². The number of methoxy groups -OCH3 is 1. The van der Waals surface area contributed by atoms with Crippen molar-refractivity contribution in [3.63, 3.8) is 0 Å². The number of ether oxygens (including phenoxy) is 1. The molecular formula is C17H27NO. The molecular weight excluding hydrogens is 234 g/mol. The molecule has 2 heteroatoms. The van der Waals surface area contributed by atoms with Crippen molar-refractivity contribution >= 4 is 0 Å². The van der Waals surface area contributed by atoms with Crippen LogP contribution in [-0.4, -0.2) is 20.2 Å². The van der Waals surface area contributed by atoms with Crippen LogP contribution >= 0.6 is 0 Å². The van der Waals surface area contributed by atoms with Gasteiger partial charge >= 0.3 is 0 Å². The van der Waals surface area contributed by atoms with E-state index in [4.69, 9.17) is 4.74 Å². The number of rotatable bonds is 6. The summed E-state index contributed by atoms with van der Waals surface area (Å²) in [5, 5.41) is 3.63. The lowest BCUT2D eigenvalue weighted by Gasteiger charge is -2.14. The maximum Gasteiger partial charge on any atom is 0.119 e. The van der Waals surface area contributed by atoms with E-state index in [1.807, 2.05) is 6.07 Å². The molecule has 0 radical (unpaired) electrons. The summed E-state index contributed by atoms with van der Waals surface area (Å²) in [5.41, 5.74) is 1.35. The second-order valence-electron chi connectivity index (χ2n) is 5.66. The van der Waals surface area contributed by atoms with Crippen LogP contribution in [0.3, 0.4) is 0 Å². The van der Waals surface area contributed by atoms with Crippen molar-refractivity contribution < 1.29 is 4.74 Å². The molecule has 0 unspecified atom stereocenters. The molecule has 1 aromatic rings. The van der Waals surface area contributed by atoms with Gasteiger partial charge in [0.1, 0.15) is 5.75 Å². The molecule has 0 spiro atoms. The molecule has 106 valence electrons. The van der Waals surface area contributed by atoms with Gasteiger partial charge in [0.05, 0.1) is 7.11 Å². The predicted molar refractivity (Wildman–Crippen MR) is 80.8 cm³/mol. The largest absolute Gasteiger partial charge is 0.497 e. The third-order valence-electron chi connectivity index (χ3n) is 4.13. The monoisotopic (exact) mass is 261 g/mol. The topological polar surface area (TPSA) is 21.3 Å². The number of hydrogen-bond acceptors (Lipinski definition) is 2. The minimum atomic E-state index is 0.910. The Bertz CT molecular complexity index is 356. The first-order chi connectivity index (χ1) is 9.38. The SMILES string of the molecule is COc1cccc(CCNCC2CCCCCC2)c1. The van der Waals surface area contributed by atoms with Crippen molar-refractivity contribution in [3.05, 3.63) is 29.8 Å². The van der Waals surface area contributed by atoms with Gasteiger partial charge in [-0.2, -0.15) is 0 Å². The molecule has 0 heterocycles. The van der Waals surface area contributed by atoms with Gasteiger partial charge in [-0.1, -0.05) is 37.8 Å². The Hall–Kier alpha value is -1.02. The molecule has 2 nitrogen and oxygen atoms in total. The van der Waals surface area contributed by atoms with Gasteiger partial charge in [-0.15, -0.1) is 0 Å². The molecule has 1 aliphatic carbocycles. The molecule has 19 heavy (non-hydrogen) atoms. The lowest BCUT2D eigenvalue weighted by atomic mass is 10.0. The van der Waals surface area contributed by atoms with Gasteiger partial charge in [-0.25, -0.2) is 0 Å². The Morgan fingerprint density at radius 1 is 1.16 bits per heavy atom. The van der Waals surface area contributed by atoms with Gasteiger partial charge in [-0.3, -0.25) is 0 Å². The van der Waals surface area contributed by atoms with Gasteiger partial charge in [0, 0.05) is 0 Å². The highest BCUT2D eigenvalue weighted by Crippen LogP contribution is 2.22. The summed E-state index contributed by atoms with van der Waals surface area (Å²) >= 11 is 0. The van der Waals surface area contributed by atoms with E-state index in [1.54, 1.807) is 7.11 Å². The average molecular weight is 261 g/mol. The third-order valence-corrected chi connectivity index (χ3v) is 4.13. The van der Waals surface area contributed by atoms with Crippen molar-refractivity contribution in [1.82, 2.24) is 5.32 Å². The molecule has 1 fully saturated rings. The summed E-state index contributed by atoms with van der Waals surface area (Å²) in [5.74, 6) is 1.87. The van der Waals surface area contributed by atoms with E-state index in [0.717, 1.165) is 24.6 Å². The van der Waals surface area contributed by atoms with Gasteiger partial charge in [0.2, 0.25) is 0 Å². The Labute approximate surface area is 117 Å². The Kier molecular flexibility index (Phi) is 6.22. The highest BCUT2D eigenvalue weighted by atomic mass is 16.5. The molecule has 0 aliphatic heterocycles. The first-order valence-electron chi connectivity index (χ1n) is 7.72. The van der Waals surface area contributed by atoms with E-state index < -0.39 is 0 Å². The molecule has 1 N–H and O–H groups in total. The van der Waals surface area contributed by atoms with Gasteiger partial charge in [-0.05, 0) is 56.0 Å². The van der Waals surface area contributed by atoms with Crippen molar-refractivity contribution in [1.29, 1.82) is 0 Å². The highest BCUT2D eigenvalue weighted by molar-refractivity contribution is 5.28. The Morgan fingerprint density at radius 3 is 2.68 bits per heavy atom. The molecule has 0 bridgehead atoms. The van der Waals surface area contributed by atoms with E-state index in [9.17, 15) is 0 Å². The standard InChI is InChI=1S/C17H27NO/c1-19-17-10-6-9-15(13-17)11-12-18-14-16-7-4-2-3-5-8-16/h6,9-10,13,16,18H,2-5,7-8,11-12,14H2,1H3. The summed E-state index contributed by atoms with van der Waals surface area (Å²) in [6.45, 7) is 2.27. The van der Waals surface area contributed by atoms with Crippen LogP contribution < -0.4 is 10.1 Å². The smallest absolute Gasteiger partial charge is 0.119 e. The fraction of sp³-hybridized carbons (Fsp3) is 0.647. The first kappa shape index (κ1) is 14.4. The summed E-state index contributed by atoms with van der Waals surface area (Å²) in [7, 11) is 1.73. The molecule has 0 saturated heterocycles. The summed E-state index contributed by atoms with van der Waals surface area (Å²) in [6, 6.07) is 8.38. The predicted octanol–water partition coefficient (Wildman–Crippen LogP) is 3.80. The molecule has 0 atom stereocenters. The molecule has 0 amide bonds. The van der Waals surface area contributed by atoms with Crippen LogP contribution in [0.4, 0.5) is 0 Å². The fourth-order valence-electron chi connectivity index (χ4n) is 2.93. The van der Waals surface area contributed by atoms with E-state index >= 15 is 0 Å². The van der Waals surface area contributed by atoms with E-state index in [1.165, 1.54) is 50.6 Å². The van der Waals surface area contributed by atoms with Gasteiger partial charge in [0.15, 0.2) is 0 Å². The third kappa shape index (κ3) is 5.23. The second kappa shape index (κ2) is 8.21. The molecule has 1 saturated carbocycles. The quantitative estimate of drug-likeness (QED) is 0.621. The molecule has 2 rings (SSSR count). The van der Waals surface area contributed by atoms with Crippen molar-refractivity contribution in [2.24, 2.45) is 5.92 Å². The minimum absolute atomic E-state index is 0.910. The van der Waals surface area contributed by atoms with E-state index in [0.29, 0.717) is 0 Å². The number of nitrogens with one attached hydrogen (secondary N) is 1. The number of benzene rings is 1. The van der Waals surface area contributed by atoms with Crippen LogP contribution in [0.5, 0.6) is 5.75 Å². The normalized spacial score (nSPS) is 17.1. The van der Waals surface area contributed by atoms with Crippen LogP contribution in [0.2, 0.25) is 0 Å². The zero-order chi connectivity index (χ0) is 13.3. The maximum absolute atomic E-state index is 5.25. The summed E-state index contributed by atoms with van der Waals surface area (Å²) < 4.78 is 5.25. The molecule has 1 aromatic carbocycles. The van der Waals surface area contributed by atoms with E-state index in [2.05, 4.69) is 23.5 Å². The Balaban J connectivity index is 1.65. The van der Waals surface area contributed by atoms with E-state index in [-0.39, 0.29) is 0 Å². The fourth-order valence-corrected chi connectivity index (χ4v) is 2.93. The van der Waals surface area contributed by atoms with Crippen LogP contribution in [0.15, 0.2) is 24.3 Å². The van der Waals surface area contributed by atoms with Crippen molar-refractivity contribution in [3.8, 4) is 5.75 Å². The lowest BCUT2D eigenvalue weighted by Crippen LogP contribution is -2.24. The average Bonchev–Trinajstić information content (AvgIpc) is 2.72. The van der Waals surface area contributed by atoms with Gasteiger partial charge < -0.3 is 10.1 Å². The van der Waals surface area contributed by atoms with Crippen LogP contribution in [-0.2, 0) is 6.42 Å². The summed E-state index contributed by atoms with van der Waals surface area (Å²) in [6.07, 6.45) is 9.69. The highest BCUT2D eigenvalue weighted by Gasteiger charge is 2.11. The molecule has 1 aliphatic rings. The maximum atomic E-state index is 5.25. The van der Waals surface area contributed by atoms with Crippen molar-refractivity contribution in [2.75, 3.05) is 20.2 Å².